The third-order valence-corrected chi connectivity index (χ3v) is 2.79. The first-order valence-corrected chi connectivity index (χ1v) is 6.34. The Bertz CT molecular complexity index is 497. The lowest BCUT2D eigenvalue weighted by molar-refractivity contribution is -0.122. The summed E-state index contributed by atoms with van der Waals surface area (Å²) < 4.78 is 24.1. The number of ether oxygens (including phenoxy) is 2. The van der Waals surface area contributed by atoms with Gasteiger partial charge in [0.2, 0.25) is 12.0 Å². The third kappa shape index (κ3) is 3.56. The second kappa shape index (κ2) is 7.03. The second-order valence-electron chi connectivity index (χ2n) is 4.83. The van der Waals surface area contributed by atoms with Crippen molar-refractivity contribution in [3.8, 4) is 11.5 Å². The van der Waals surface area contributed by atoms with Crippen LogP contribution >= 0.6 is 0 Å². The Balaban J connectivity index is 3.06. The van der Waals surface area contributed by atoms with Gasteiger partial charge in [-0.15, -0.1) is 0 Å². The van der Waals surface area contributed by atoms with Crippen LogP contribution in [0.25, 0.3) is 0 Å². The number of hydrogen-bond donors (Lipinski definition) is 0. The molecule has 0 heterocycles. The van der Waals surface area contributed by atoms with E-state index in [2.05, 4.69) is 0 Å². The van der Waals surface area contributed by atoms with Gasteiger partial charge in [0.25, 0.3) is 0 Å². The Hall–Kier alpha value is -1.91. The molecule has 0 bridgehead atoms. The predicted molar refractivity (Wildman–Crippen MR) is 73.2 cm³/mol. The number of Topliss-reactive ketones (excluding diaryl/α,β-unsaturated/α-hetero) is 2. The lowest BCUT2D eigenvalue weighted by Crippen LogP contribution is -2.27. The number of benzene rings is 1. The van der Waals surface area contributed by atoms with Crippen LogP contribution < -0.4 is 9.47 Å². The van der Waals surface area contributed by atoms with Crippen LogP contribution in [0.5, 0.6) is 11.5 Å². The van der Waals surface area contributed by atoms with Gasteiger partial charge in [0.15, 0.2) is 17.3 Å². The maximum Gasteiger partial charge on any atom is 0.221 e. The molecule has 0 radical (unpaired) electrons. The van der Waals surface area contributed by atoms with E-state index in [-0.39, 0.29) is 23.7 Å². The fourth-order valence-corrected chi connectivity index (χ4v) is 1.87. The second-order valence-corrected chi connectivity index (χ2v) is 4.83. The molecule has 4 nitrogen and oxygen atoms in total. The average molecular weight is 282 g/mol. The molecule has 0 spiro atoms. The van der Waals surface area contributed by atoms with Crippen molar-refractivity contribution in [1.29, 1.82) is 0 Å². The summed E-state index contributed by atoms with van der Waals surface area (Å²) in [5.41, 5.74) is 0.0106. The zero-order valence-corrected chi connectivity index (χ0v) is 12.1. The van der Waals surface area contributed by atoms with Crippen molar-refractivity contribution in [3.05, 3.63) is 23.8 Å². The average Bonchev–Trinajstić information content (AvgIpc) is 2.43. The minimum atomic E-state index is -2.17. The summed E-state index contributed by atoms with van der Waals surface area (Å²) in [6.07, 6.45) is -2.14. The Morgan fingerprint density at radius 2 is 1.85 bits per heavy atom. The van der Waals surface area contributed by atoms with Crippen molar-refractivity contribution in [1.82, 2.24) is 0 Å². The summed E-state index contributed by atoms with van der Waals surface area (Å²) in [7, 11) is 2.78. The van der Waals surface area contributed by atoms with E-state index in [9.17, 15) is 14.0 Å². The number of ketones is 2. The van der Waals surface area contributed by atoms with E-state index in [0.717, 1.165) is 0 Å². The summed E-state index contributed by atoms with van der Waals surface area (Å²) in [5.74, 6) is -1.15. The highest BCUT2D eigenvalue weighted by molar-refractivity contribution is 6.14. The molecule has 5 heteroatoms. The van der Waals surface area contributed by atoms with Gasteiger partial charge in [-0.1, -0.05) is 19.9 Å². The minimum absolute atomic E-state index is 0.000699. The van der Waals surface area contributed by atoms with Crippen LogP contribution in [0.3, 0.4) is 0 Å². The number of methoxy groups -OCH3 is 2. The number of carbonyl (C=O) groups excluding carboxylic acids is 2. The molecule has 0 aliphatic heterocycles. The van der Waals surface area contributed by atoms with Crippen LogP contribution in [-0.2, 0) is 4.79 Å². The summed E-state index contributed by atoms with van der Waals surface area (Å²) in [6.45, 7) is 3.59. The number of rotatable bonds is 7. The number of halogens is 1. The quantitative estimate of drug-likeness (QED) is 0.570. The highest BCUT2D eigenvalue weighted by atomic mass is 19.1. The Labute approximate surface area is 117 Å². The molecule has 1 rings (SSSR count). The molecule has 1 aromatic rings. The van der Waals surface area contributed by atoms with Gasteiger partial charge in [0.1, 0.15) is 0 Å². The zero-order chi connectivity index (χ0) is 15.3. The van der Waals surface area contributed by atoms with Gasteiger partial charge in [0.05, 0.1) is 19.8 Å². The highest BCUT2D eigenvalue weighted by Gasteiger charge is 2.30. The molecule has 110 valence electrons. The van der Waals surface area contributed by atoms with E-state index in [4.69, 9.17) is 9.47 Å². The van der Waals surface area contributed by atoms with E-state index in [1.54, 1.807) is 26.0 Å². The monoisotopic (exact) mass is 282 g/mol. The summed E-state index contributed by atoms with van der Waals surface area (Å²) in [5, 5.41) is 0. The van der Waals surface area contributed by atoms with E-state index in [0.29, 0.717) is 5.75 Å². The van der Waals surface area contributed by atoms with Crippen LogP contribution in [0.15, 0.2) is 18.2 Å². The highest BCUT2D eigenvalue weighted by Crippen LogP contribution is 2.32. The normalized spacial score (nSPS) is 12.1. The first-order chi connectivity index (χ1) is 9.42. The van der Waals surface area contributed by atoms with Gasteiger partial charge in [-0.05, 0) is 18.1 Å². The van der Waals surface area contributed by atoms with Crippen LogP contribution in [0.4, 0.5) is 4.39 Å². The minimum Gasteiger partial charge on any atom is -0.493 e. The molecule has 0 aliphatic carbocycles. The first kappa shape index (κ1) is 16.1. The molecule has 1 atom stereocenters. The van der Waals surface area contributed by atoms with Crippen molar-refractivity contribution in [2.75, 3.05) is 14.2 Å². The fourth-order valence-electron chi connectivity index (χ4n) is 1.87. The lowest BCUT2D eigenvalue weighted by atomic mass is 9.98. The zero-order valence-electron chi connectivity index (χ0n) is 12.1. The van der Waals surface area contributed by atoms with Crippen molar-refractivity contribution in [2.45, 2.75) is 26.4 Å². The van der Waals surface area contributed by atoms with Gasteiger partial charge >= 0.3 is 0 Å². The third-order valence-electron chi connectivity index (χ3n) is 2.79. The SMILES string of the molecule is COc1cccc(C(=O)C(F)C(=O)CC(C)C)c1OC. The smallest absolute Gasteiger partial charge is 0.221 e. The molecule has 1 unspecified atom stereocenters. The summed E-state index contributed by atoms with van der Waals surface area (Å²) in [6, 6.07) is 4.56. The number of carbonyl (C=O) groups is 2. The molecule has 0 aromatic heterocycles. The van der Waals surface area contributed by atoms with Crippen LogP contribution in [0.1, 0.15) is 30.6 Å². The van der Waals surface area contributed by atoms with Crippen LogP contribution in [0, 0.1) is 5.92 Å². The van der Waals surface area contributed by atoms with Gasteiger partial charge in [-0.3, -0.25) is 9.59 Å². The number of alkyl halides is 1. The Morgan fingerprint density at radius 1 is 1.20 bits per heavy atom. The van der Waals surface area contributed by atoms with Crippen LogP contribution in [0.2, 0.25) is 0 Å². The molecule has 1 aromatic carbocycles. The number of para-hydroxylation sites is 1. The van der Waals surface area contributed by atoms with E-state index in [1.165, 1.54) is 20.3 Å². The Morgan fingerprint density at radius 3 is 2.35 bits per heavy atom. The summed E-state index contributed by atoms with van der Waals surface area (Å²) >= 11 is 0. The molecular formula is C15H19FO4. The lowest BCUT2D eigenvalue weighted by Gasteiger charge is -2.13. The molecule has 0 saturated heterocycles. The predicted octanol–water partition coefficient (Wildman–Crippen LogP) is 2.84. The summed E-state index contributed by atoms with van der Waals surface area (Å²) in [4.78, 5) is 23.7. The molecule has 20 heavy (non-hydrogen) atoms. The van der Waals surface area contributed by atoms with Gasteiger partial charge in [0, 0.05) is 6.42 Å². The molecular weight excluding hydrogens is 263 g/mol. The van der Waals surface area contributed by atoms with Gasteiger partial charge in [-0.25, -0.2) is 4.39 Å². The first-order valence-electron chi connectivity index (χ1n) is 6.34. The van der Waals surface area contributed by atoms with Crippen molar-refractivity contribution < 1.29 is 23.5 Å². The Kier molecular flexibility index (Phi) is 5.67. The maximum atomic E-state index is 14.0. The van der Waals surface area contributed by atoms with Gasteiger partial charge < -0.3 is 9.47 Å². The number of hydrogen-bond acceptors (Lipinski definition) is 4. The van der Waals surface area contributed by atoms with Gasteiger partial charge in [-0.2, -0.15) is 0 Å². The van der Waals surface area contributed by atoms with Crippen molar-refractivity contribution >= 4 is 11.6 Å². The van der Waals surface area contributed by atoms with E-state index in [1.807, 2.05) is 0 Å². The molecule has 0 fully saturated rings. The van der Waals surface area contributed by atoms with Crippen molar-refractivity contribution in [3.63, 3.8) is 0 Å². The van der Waals surface area contributed by atoms with Crippen LogP contribution in [-0.4, -0.2) is 32.0 Å². The van der Waals surface area contributed by atoms with Crippen molar-refractivity contribution in [2.24, 2.45) is 5.92 Å². The van der Waals surface area contributed by atoms with E-state index >= 15 is 0 Å². The maximum absolute atomic E-state index is 14.0. The molecule has 0 N–H and O–H groups in total. The molecule has 0 saturated carbocycles. The topological polar surface area (TPSA) is 52.6 Å². The molecule has 0 aliphatic rings. The van der Waals surface area contributed by atoms with E-state index < -0.39 is 17.7 Å². The fraction of sp³-hybridized carbons (Fsp3) is 0.467. The molecule has 0 amide bonds. The standard InChI is InChI=1S/C15H19FO4/c1-9(2)8-11(17)13(16)14(18)10-6-5-7-12(19-3)15(10)20-4/h5-7,9,13H,8H2,1-4H3. The largest absolute Gasteiger partial charge is 0.493 e.